The van der Waals surface area contributed by atoms with Crippen LogP contribution in [-0.2, 0) is 0 Å². The van der Waals surface area contributed by atoms with Crippen LogP contribution >= 0.6 is 0 Å². The molecule has 16 heavy (non-hydrogen) atoms. The minimum Gasteiger partial charge on any atom is -0.258 e. The van der Waals surface area contributed by atoms with Crippen molar-refractivity contribution in [3.8, 4) is 0 Å². The van der Waals surface area contributed by atoms with E-state index in [0.29, 0.717) is 5.92 Å². The van der Waals surface area contributed by atoms with E-state index < -0.39 is 0 Å². The molecule has 0 amide bonds. The number of nitrogens with one attached hydrogen (secondary N) is 1. The lowest BCUT2D eigenvalue weighted by atomic mass is 10.2. The van der Waals surface area contributed by atoms with Crippen LogP contribution in [0.5, 0.6) is 0 Å². The summed E-state index contributed by atoms with van der Waals surface area (Å²) in [6.45, 7) is 4.23. The molecule has 5 nitrogen and oxygen atoms in total. The second-order valence-corrected chi connectivity index (χ2v) is 4.52. The average molecular weight is 223 g/mol. The van der Waals surface area contributed by atoms with Crippen molar-refractivity contribution in [2.75, 3.05) is 0 Å². The summed E-state index contributed by atoms with van der Waals surface area (Å²) in [6.07, 6.45) is 5.83. The minimum atomic E-state index is 0.0601. The summed E-state index contributed by atoms with van der Waals surface area (Å²) in [5, 5.41) is 1.88. The van der Waals surface area contributed by atoms with Gasteiger partial charge in [-0.25, -0.2) is 9.98 Å². The number of unbranched alkanes of at least 4 members (excludes halogenated alkanes) is 1. The van der Waals surface area contributed by atoms with Crippen LogP contribution in [0, 0.1) is 5.92 Å². The standard InChI is InChI=1S/C11H21N5/c1-3-4-5-10-13-8(2)16(15-12)11(14-10)9-6-7-9/h8-9,15H,3-7,12H2,1-2H3. The third kappa shape index (κ3) is 2.41. The first-order valence-corrected chi connectivity index (χ1v) is 6.17. The van der Waals surface area contributed by atoms with Crippen molar-refractivity contribution in [3.63, 3.8) is 0 Å². The van der Waals surface area contributed by atoms with Crippen molar-refractivity contribution >= 4 is 11.7 Å². The van der Waals surface area contributed by atoms with Gasteiger partial charge in [0.05, 0.1) is 0 Å². The van der Waals surface area contributed by atoms with Gasteiger partial charge < -0.3 is 0 Å². The first kappa shape index (κ1) is 11.5. The topological polar surface area (TPSA) is 66.0 Å². The molecule has 0 saturated heterocycles. The number of hydrogen-bond donors (Lipinski definition) is 2. The molecule has 0 spiro atoms. The molecular formula is C11H21N5. The van der Waals surface area contributed by atoms with Crippen LogP contribution in [0.2, 0.25) is 0 Å². The van der Waals surface area contributed by atoms with Gasteiger partial charge in [0.25, 0.3) is 0 Å². The van der Waals surface area contributed by atoms with E-state index in [1.54, 1.807) is 0 Å². The van der Waals surface area contributed by atoms with Gasteiger partial charge in [-0.1, -0.05) is 13.3 Å². The summed E-state index contributed by atoms with van der Waals surface area (Å²) in [5.74, 6) is 8.18. The molecule has 0 bridgehead atoms. The predicted octanol–water partition coefficient (Wildman–Crippen LogP) is 1.42. The maximum absolute atomic E-state index is 5.52. The zero-order chi connectivity index (χ0) is 11.5. The molecule has 1 aliphatic heterocycles. The highest BCUT2D eigenvalue weighted by molar-refractivity contribution is 6.00. The lowest BCUT2D eigenvalue weighted by Crippen LogP contribution is -2.53. The van der Waals surface area contributed by atoms with Crippen molar-refractivity contribution in [1.82, 2.24) is 10.5 Å². The predicted molar refractivity (Wildman–Crippen MR) is 65.7 cm³/mol. The molecule has 0 aromatic rings. The molecule has 1 saturated carbocycles. The van der Waals surface area contributed by atoms with Gasteiger partial charge in [-0.15, -0.1) is 0 Å². The summed E-state index contributed by atoms with van der Waals surface area (Å²) in [5.41, 5.74) is 2.70. The number of aliphatic imine (C=N–C) groups is 2. The third-order valence-electron chi connectivity index (χ3n) is 3.04. The molecule has 1 unspecified atom stereocenters. The zero-order valence-electron chi connectivity index (χ0n) is 10.1. The van der Waals surface area contributed by atoms with Crippen LogP contribution in [0.4, 0.5) is 0 Å². The van der Waals surface area contributed by atoms with Crippen LogP contribution in [0.25, 0.3) is 0 Å². The second kappa shape index (κ2) is 4.93. The van der Waals surface area contributed by atoms with Gasteiger partial charge in [0, 0.05) is 12.3 Å². The molecule has 2 rings (SSSR count). The molecule has 0 radical (unpaired) electrons. The Labute approximate surface area is 96.8 Å². The third-order valence-corrected chi connectivity index (χ3v) is 3.04. The minimum absolute atomic E-state index is 0.0601. The van der Waals surface area contributed by atoms with Crippen LogP contribution in [0.3, 0.4) is 0 Å². The quantitative estimate of drug-likeness (QED) is 0.547. The summed E-state index contributed by atoms with van der Waals surface area (Å²) < 4.78 is 0. The van der Waals surface area contributed by atoms with Crippen molar-refractivity contribution in [2.24, 2.45) is 21.7 Å². The highest BCUT2D eigenvalue weighted by Crippen LogP contribution is 2.33. The van der Waals surface area contributed by atoms with E-state index in [-0.39, 0.29) is 6.17 Å². The van der Waals surface area contributed by atoms with E-state index in [0.717, 1.165) is 24.5 Å². The first-order valence-electron chi connectivity index (χ1n) is 6.17. The molecule has 0 aromatic carbocycles. The Kier molecular flexibility index (Phi) is 3.56. The Balaban J connectivity index is 2.10. The Bertz CT molecular complexity index is 305. The monoisotopic (exact) mass is 223 g/mol. The van der Waals surface area contributed by atoms with Gasteiger partial charge in [-0.3, -0.25) is 10.9 Å². The van der Waals surface area contributed by atoms with Gasteiger partial charge >= 0.3 is 0 Å². The molecule has 1 fully saturated rings. The first-order chi connectivity index (χ1) is 7.76. The van der Waals surface area contributed by atoms with Gasteiger partial charge in [0.15, 0.2) is 0 Å². The Morgan fingerprint density at radius 1 is 1.50 bits per heavy atom. The van der Waals surface area contributed by atoms with Gasteiger partial charge in [-0.2, -0.15) is 5.53 Å². The zero-order valence-corrected chi connectivity index (χ0v) is 10.1. The van der Waals surface area contributed by atoms with Crippen molar-refractivity contribution in [2.45, 2.75) is 52.1 Å². The Hall–Kier alpha value is -0.940. The highest BCUT2D eigenvalue weighted by Gasteiger charge is 2.35. The largest absolute Gasteiger partial charge is 0.258 e. The summed E-state index contributed by atoms with van der Waals surface area (Å²) >= 11 is 0. The normalized spacial score (nSPS) is 25.4. The molecule has 1 atom stereocenters. The number of hydrazine groups is 2. The molecule has 1 heterocycles. The summed E-state index contributed by atoms with van der Waals surface area (Å²) in [4.78, 5) is 9.18. The maximum atomic E-state index is 5.52. The molecule has 0 aromatic heterocycles. The van der Waals surface area contributed by atoms with Crippen LogP contribution < -0.4 is 11.4 Å². The van der Waals surface area contributed by atoms with E-state index >= 15 is 0 Å². The molecule has 1 aliphatic carbocycles. The Morgan fingerprint density at radius 3 is 2.81 bits per heavy atom. The van der Waals surface area contributed by atoms with Gasteiger partial charge in [-0.05, 0) is 26.2 Å². The number of nitrogens with zero attached hydrogens (tertiary/aromatic N) is 3. The van der Waals surface area contributed by atoms with Crippen LogP contribution in [0.15, 0.2) is 9.98 Å². The van der Waals surface area contributed by atoms with Gasteiger partial charge in [0.2, 0.25) is 0 Å². The molecule has 5 heteroatoms. The van der Waals surface area contributed by atoms with E-state index in [9.17, 15) is 0 Å². The van der Waals surface area contributed by atoms with Crippen molar-refractivity contribution < 1.29 is 0 Å². The van der Waals surface area contributed by atoms with Crippen molar-refractivity contribution in [3.05, 3.63) is 0 Å². The smallest absolute Gasteiger partial charge is 0.137 e. The Morgan fingerprint density at radius 2 is 2.25 bits per heavy atom. The van der Waals surface area contributed by atoms with Crippen molar-refractivity contribution in [1.29, 1.82) is 0 Å². The molecule has 90 valence electrons. The summed E-state index contributed by atoms with van der Waals surface area (Å²) in [6, 6.07) is 0. The number of amidine groups is 2. The molecule has 2 aliphatic rings. The number of nitrogens with two attached hydrogens (primary N) is 1. The molecule has 3 N–H and O–H groups in total. The van der Waals surface area contributed by atoms with Crippen LogP contribution in [-0.4, -0.2) is 22.8 Å². The van der Waals surface area contributed by atoms with E-state index in [2.05, 4.69) is 22.4 Å². The van der Waals surface area contributed by atoms with E-state index in [1.165, 1.54) is 19.3 Å². The number of hydrogen-bond acceptors (Lipinski definition) is 5. The van der Waals surface area contributed by atoms with E-state index in [1.807, 2.05) is 11.9 Å². The second-order valence-electron chi connectivity index (χ2n) is 4.52. The SMILES string of the molecule is CCCCC1=NC(C)N(NN)C(C2CC2)=N1. The lowest BCUT2D eigenvalue weighted by Gasteiger charge is -2.31. The van der Waals surface area contributed by atoms with Crippen LogP contribution in [0.1, 0.15) is 46.0 Å². The summed E-state index contributed by atoms with van der Waals surface area (Å²) in [7, 11) is 0. The number of rotatable bonds is 5. The fraction of sp³-hybridized carbons (Fsp3) is 0.818. The maximum Gasteiger partial charge on any atom is 0.137 e. The van der Waals surface area contributed by atoms with Gasteiger partial charge in [0.1, 0.15) is 17.8 Å². The fourth-order valence-corrected chi connectivity index (χ4v) is 1.94. The lowest BCUT2D eigenvalue weighted by molar-refractivity contribution is 0.239. The fourth-order valence-electron chi connectivity index (χ4n) is 1.94. The average Bonchev–Trinajstić information content (AvgIpc) is 3.09. The molecular weight excluding hydrogens is 202 g/mol. The van der Waals surface area contributed by atoms with E-state index in [4.69, 9.17) is 5.84 Å². The highest BCUT2D eigenvalue weighted by atomic mass is 15.7.